The lowest BCUT2D eigenvalue weighted by Gasteiger charge is -2.15. The average molecular weight is 437 g/mol. The number of carbonyl (C=O) groups is 2. The molecule has 5 heteroatoms. The van der Waals surface area contributed by atoms with E-state index in [1.807, 2.05) is 80.6 Å². The van der Waals surface area contributed by atoms with E-state index in [9.17, 15) is 9.59 Å². The van der Waals surface area contributed by atoms with Gasteiger partial charge in [0.1, 0.15) is 0 Å². The molecular weight excluding hydrogens is 412 g/mol. The molecule has 0 spiro atoms. The number of esters is 1. The molecular formula is C28H24N2O3. The van der Waals surface area contributed by atoms with Crippen molar-refractivity contribution in [3.8, 4) is 22.3 Å². The minimum atomic E-state index is -0.512. The average Bonchev–Trinajstić information content (AvgIpc) is 2.84. The second kappa shape index (κ2) is 9.49. The van der Waals surface area contributed by atoms with Gasteiger partial charge in [-0.1, -0.05) is 48.5 Å². The van der Waals surface area contributed by atoms with Crippen molar-refractivity contribution in [2.24, 2.45) is 0 Å². The highest BCUT2D eigenvalue weighted by atomic mass is 16.5. The monoisotopic (exact) mass is 436 g/mol. The number of ether oxygens (including phenoxy) is 1. The number of anilines is 1. The van der Waals surface area contributed by atoms with Gasteiger partial charge in [0.15, 0.2) is 0 Å². The van der Waals surface area contributed by atoms with Gasteiger partial charge in [-0.15, -0.1) is 0 Å². The molecule has 0 aliphatic carbocycles. The van der Waals surface area contributed by atoms with Crippen LogP contribution in [0.3, 0.4) is 0 Å². The molecule has 3 aromatic carbocycles. The Bertz CT molecular complexity index is 1330. The second-order valence-electron chi connectivity index (χ2n) is 7.79. The summed E-state index contributed by atoms with van der Waals surface area (Å²) >= 11 is 0. The van der Waals surface area contributed by atoms with E-state index in [1.165, 1.54) is 7.11 Å². The molecule has 4 aromatic rings. The zero-order chi connectivity index (χ0) is 23.4. The quantitative estimate of drug-likeness (QED) is 0.386. The number of hydrogen-bond acceptors (Lipinski definition) is 4. The number of carbonyl (C=O) groups excluding carboxylic acids is 2. The maximum Gasteiger partial charge on any atom is 0.339 e. The molecule has 1 aromatic heterocycles. The fourth-order valence-corrected chi connectivity index (χ4v) is 3.77. The normalized spacial score (nSPS) is 10.5. The van der Waals surface area contributed by atoms with Gasteiger partial charge < -0.3 is 10.1 Å². The highest BCUT2D eigenvalue weighted by molar-refractivity contribution is 6.09. The summed E-state index contributed by atoms with van der Waals surface area (Å²) in [5, 5.41) is 2.94. The number of methoxy groups -OCH3 is 1. The first kappa shape index (κ1) is 22.0. The largest absolute Gasteiger partial charge is 0.465 e. The van der Waals surface area contributed by atoms with Crippen LogP contribution in [-0.2, 0) is 4.74 Å². The van der Waals surface area contributed by atoms with E-state index < -0.39 is 5.97 Å². The Morgan fingerprint density at radius 2 is 1.58 bits per heavy atom. The smallest absolute Gasteiger partial charge is 0.339 e. The van der Waals surface area contributed by atoms with Gasteiger partial charge in [0.25, 0.3) is 5.91 Å². The summed E-state index contributed by atoms with van der Waals surface area (Å²) in [6.45, 7) is 3.90. The number of pyridine rings is 1. The fourth-order valence-electron chi connectivity index (χ4n) is 3.77. The third-order valence-electron chi connectivity index (χ3n) is 5.61. The number of aromatic nitrogens is 1. The third-order valence-corrected chi connectivity index (χ3v) is 5.61. The zero-order valence-corrected chi connectivity index (χ0v) is 18.8. The van der Waals surface area contributed by atoms with E-state index >= 15 is 0 Å². The van der Waals surface area contributed by atoms with Crippen LogP contribution < -0.4 is 5.32 Å². The number of rotatable bonds is 5. The molecule has 0 aliphatic rings. The van der Waals surface area contributed by atoms with Gasteiger partial charge in [-0.3, -0.25) is 9.78 Å². The Morgan fingerprint density at radius 3 is 2.30 bits per heavy atom. The molecule has 0 unspecified atom stereocenters. The Morgan fingerprint density at radius 1 is 0.788 bits per heavy atom. The van der Waals surface area contributed by atoms with Crippen LogP contribution in [0.2, 0.25) is 0 Å². The van der Waals surface area contributed by atoms with E-state index in [-0.39, 0.29) is 5.91 Å². The van der Waals surface area contributed by atoms with Crippen molar-refractivity contribution in [2.75, 3.05) is 12.4 Å². The van der Waals surface area contributed by atoms with Crippen molar-refractivity contribution >= 4 is 17.6 Å². The van der Waals surface area contributed by atoms with Gasteiger partial charge in [-0.2, -0.15) is 0 Å². The van der Waals surface area contributed by atoms with Crippen molar-refractivity contribution in [2.45, 2.75) is 13.8 Å². The molecule has 33 heavy (non-hydrogen) atoms. The second-order valence-corrected chi connectivity index (χ2v) is 7.79. The van der Waals surface area contributed by atoms with E-state index in [0.717, 1.165) is 33.4 Å². The van der Waals surface area contributed by atoms with E-state index in [0.29, 0.717) is 16.8 Å². The lowest BCUT2D eigenvalue weighted by molar-refractivity contribution is 0.0602. The Hall–Kier alpha value is -4.25. The molecule has 0 radical (unpaired) electrons. The standard InChI is InChI=1S/C28H24N2O3/c1-18-7-4-5-9-23(18)21-12-13-24(28(32)33-3)26(16-21)30-27(31)25-15-20(11-10-19(25)2)22-8-6-14-29-17-22/h4-17H,1-3H3,(H,30,31). The van der Waals surface area contributed by atoms with E-state index in [4.69, 9.17) is 4.74 Å². The van der Waals surface area contributed by atoms with Crippen molar-refractivity contribution in [3.63, 3.8) is 0 Å². The van der Waals surface area contributed by atoms with Crippen molar-refractivity contribution in [3.05, 3.63) is 107 Å². The summed E-state index contributed by atoms with van der Waals surface area (Å²) in [6.07, 6.45) is 3.47. The topological polar surface area (TPSA) is 68.3 Å². The lowest BCUT2D eigenvalue weighted by Crippen LogP contribution is -2.16. The molecule has 5 nitrogen and oxygen atoms in total. The maximum absolute atomic E-state index is 13.3. The van der Waals surface area contributed by atoms with E-state index in [1.54, 1.807) is 18.5 Å². The van der Waals surface area contributed by atoms with Crippen LogP contribution in [0.5, 0.6) is 0 Å². The summed E-state index contributed by atoms with van der Waals surface area (Å²) in [5.74, 6) is -0.812. The molecule has 1 amide bonds. The number of hydrogen-bond donors (Lipinski definition) is 1. The molecule has 0 saturated heterocycles. The SMILES string of the molecule is COC(=O)c1ccc(-c2ccccc2C)cc1NC(=O)c1cc(-c2cccnc2)ccc1C. The number of nitrogens with zero attached hydrogens (tertiary/aromatic N) is 1. The van der Waals surface area contributed by atoms with Gasteiger partial charge in [-0.05, 0) is 65.9 Å². The Kier molecular flexibility index (Phi) is 6.31. The summed E-state index contributed by atoms with van der Waals surface area (Å²) < 4.78 is 4.94. The molecule has 0 bridgehead atoms. The van der Waals surface area contributed by atoms with Gasteiger partial charge in [-0.25, -0.2) is 4.79 Å². The van der Waals surface area contributed by atoms with Crippen molar-refractivity contribution in [1.82, 2.24) is 4.98 Å². The summed E-state index contributed by atoms with van der Waals surface area (Å²) in [7, 11) is 1.32. The zero-order valence-electron chi connectivity index (χ0n) is 18.8. The van der Waals surface area contributed by atoms with Gasteiger partial charge in [0.2, 0.25) is 0 Å². The summed E-state index contributed by atoms with van der Waals surface area (Å²) in [5.41, 5.74) is 6.88. The Balaban J connectivity index is 1.73. The molecule has 4 rings (SSSR count). The number of aryl methyl sites for hydroxylation is 2. The fraction of sp³-hybridized carbons (Fsp3) is 0.107. The third kappa shape index (κ3) is 4.67. The van der Waals surface area contributed by atoms with Gasteiger partial charge in [0, 0.05) is 23.5 Å². The number of benzene rings is 3. The first-order chi connectivity index (χ1) is 16.0. The van der Waals surface area contributed by atoms with Crippen LogP contribution in [0.4, 0.5) is 5.69 Å². The highest BCUT2D eigenvalue weighted by Gasteiger charge is 2.18. The van der Waals surface area contributed by atoms with Crippen molar-refractivity contribution < 1.29 is 14.3 Å². The van der Waals surface area contributed by atoms with Gasteiger partial charge in [0.05, 0.1) is 18.4 Å². The van der Waals surface area contributed by atoms with Crippen molar-refractivity contribution in [1.29, 1.82) is 0 Å². The predicted molar refractivity (Wildman–Crippen MR) is 130 cm³/mol. The highest BCUT2D eigenvalue weighted by Crippen LogP contribution is 2.29. The van der Waals surface area contributed by atoms with Crippen LogP contribution >= 0.6 is 0 Å². The van der Waals surface area contributed by atoms with Crippen LogP contribution in [0, 0.1) is 13.8 Å². The lowest BCUT2D eigenvalue weighted by atomic mass is 9.97. The molecule has 0 atom stereocenters. The Labute approximate surface area is 193 Å². The number of amides is 1. The van der Waals surface area contributed by atoms with Crippen LogP contribution in [0.25, 0.3) is 22.3 Å². The minimum Gasteiger partial charge on any atom is -0.465 e. The van der Waals surface area contributed by atoms with Gasteiger partial charge >= 0.3 is 5.97 Å². The number of nitrogens with one attached hydrogen (secondary N) is 1. The van der Waals surface area contributed by atoms with Crippen LogP contribution in [-0.4, -0.2) is 24.0 Å². The maximum atomic E-state index is 13.3. The van der Waals surface area contributed by atoms with Crippen LogP contribution in [0.15, 0.2) is 85.2 Å². The molecule has 1 heterocycles. The first-order valence-electron chi connectivity index (χ1n) is 10.6. The predicted octanol–water partition coefficient (Wildman–Crippen LogP) is 6.07. The summed E-state index contributed by atoms with van der Waals surface area (Å²) in [4.78, 5) is 29.9. The molecule has 0 aliphatic heterocycles. The van der Waals surface area contributed by atoms with E-state index in [2.05, 4.69) is 10.3 Å². The molecule has 0 saturated carbocycles. The van der Waals surface area contributed by atoms with Crippen LogP contribution in [0.1, 0.15) is 31.8 Å². The molecule has 0 fully saturated rings. The summed E-state index contributed by atoms with van der Waals surface area (Å²) in [6, 6.07) is 22.8. The first-order valence-corrected chi connectivity index (χ1v) is 10.6. The molecule has 1 N–H and O–H groups in total. The molecule has 164 valence electrons. The minimum absolute atomic E-state index is 0.296.